The number of rotatable bonds is 13. The van der Waals surface area contributed by atoms with E-state index in [-0.39, 0.29) is 12.4 Å². The lowest BCUT2D eigenvalue weighted by atomic mass is 9.94. The largest absolute Gasteiger partial charge is 0.497 e. The second kappa shape index (κ2) is 31.8. The Hall–Kier alpha value is -7.71. The van der Waals surface area contributed by atoms with Crippen LogP contribution >= 0.6 is 58.0 Å². The zero-order chi connectivity index (χ0) is 81.1. The third-order valence-electron chi connectivity index (χ3n) is 25.7. The molecule has 8 unspecified atom stereocenters. The van der Waals surface area contributed by atoms with Crippen LogP contribution in [0.4, 0.5) is 17.6 Å². The van der Waals surface area contributed by atoms with Gasteiger partial charge in [0.25, 0.3) is 0 Å². The molecule has 0 bridgehead atoms. The van der Waals surface area contributed by atoms with Gasteiger partial charge in [-0.05, 0) is 223 Å². The zero-order valence-electron chi connectivity index (χ0n) is 65.6. The van der Waals surface area contributed by atoms with Crippen molar-refractivity contribution in [1.82, 2.24) is 57.8 Å². The maximum absolute atomic E-state index is 13.3. The molecule has 4 fully saturated rings. The first-order valence-electron chi connectivity index (χ1n) is 40.4. The van der Waals surface area contributed by atoms with E-state index in [0.29, 0.717) is 80.0 Å². The van der Waals surface area contributed by atoms with Crippen molar-refractivity contribution < 1.29 is 42.7 Å². The number of pyridine rings is 4. The average molecular weight is 1680 g/mol. The number of halogens is 9. The minimum atomic E-state index is -4.41. The number of fused-ring (bicyclic) bond motifs is 20. The van der Waals surface area contributed by atoms with Gasteiger partial charge in [0.1, 0.15) is 56.6 Å². The van der Waals surface area contributed by atoms with Crippen molar-refractivity contribution in [3.63, 3.8) is 0 Å². The van der Waals surface area contributed by atoms with Gasteiger partial charge < -0.3 is 43.4 Å². The highest BCUT2D eigenvalue weighted by molar-refractivity contribution is 6.32. The van der Waals surface area contributed by atoms with Crippen molar-refractivity contribution in [1.29, 1.82) is 0 Å². The molecule has 4 saturated heterocycles. The quantitative estimate of drug-likeness (QED) is 0.0804. The topological polar surface area (TPSA) is 174 Å². The number of hydrogen-bond donors (Lipinski definition) is 4. The highest BCUT2D eigenvalue weighted by Crippen LogP contribution is 2.50. The van der Waals surface area contributed by atoms with E-state index in [2.05, 4.69) is 53.2 Å². The zero-order valence-corrected chi connectivity index (χ0v) is 69.4. The molecule has 4 aromatic carbocycles. The van der Waals surface area contributed by atoms with Crippen LogP contribution in [-0.2, 0) is 80.4 Å². The van der Waals surface area contributed by atoms with E-state index in [1.165, 1.54) is 95.7 Å². The van der Waals surface area contributed by atoms with Gasteiger partial charge in [-0.1, -0.05) is 107 Å². The molecule has 26 heteroatoms. The minimum Gasteiger partial charge on any atom is -0.497 e. The number of alkyl halides is 3. The van der Waals surface area contributed by atoms with Crippen LogP contribution in [0.5, 0.6) is 5.75 Å². The van der Waals surface area contributed by atoms with Crippen molar-refractivity contribution in [3.8, 4) is 5.75 Å². The van der Waals surface area contributed by atoms with Crippen molar-refractivity contribution in [2.45, 2.75) is 184 Å². The molecule has 0 amide bonds. The van der Waals surface area contributed by atoms with Gasteiger partial charge in [-0.3, -0.25) is 19.6 Å². The molecular formula is C90H95Cl5F4N12O5. The fourth-order valence-electron chi connectivity index (χ4n) is 20.2. The van der Waals surface area contributed by atoms with E-state index in [0.717, 1.165) is 176 Å². The SMILES string of the molecule is CC(O)(Cn1c2c(c3cc(Cl)cnc31)C1CCCN1CC2)c1ccc(C(F)(F)F)cc1.CC(O)(Cn1c2c(c3cc(Cl)cnc31)C1CCCN1CC2)c1ccc(Cl)cc1.CC(O)(Cn1c2c(c3cc(Cl)cnc31)C1CCCN1CC2)c1ccc(F)cc1.COc1ccc(C(C)(O)Cn2c3c(c4cc(Cl)cnc42)C2CCCN2CC3)cc1. The summed E-state index contributed by atoms with van der Waals surface area (Å²) in [7, 11) is 1.65. The standard InChI is InChI=1S/C23H23ClF3N3O.C23H26ClN3O2.C22H23Cl2N3O.C22H23ClFN3O/c1-22(31,14-4-6-15(7-5-14)23(25,26)27)13-30-19-8-10-29-9-2-3-18(29)20(19)17-11-16(24)12-28-21(17)30;1-23(28,15-5-7-17(29-2)8-6-15)14-27-20-9-11-26-10-3-4-19(26)21(20)18-12-16(24)13-25-22(18)27;1-22(28,14-4-6-15(23)7-5-14)13-27-19-8-10-26-9-2-3-18(26)20(19)17-11-16(24)12-25-21(17)27;1-22(28,14-4-6-16(24)7-5-14)13-27-19-8-10-26-9-2-3-18(26)20(19)17-11-15(23)12-25-21(17)27/h4-7,11-12,18,31H,2-3,8-10,13H2,1H3;5-8,12-13,19,28H,3-4,9-11,14H2,1-2H3;2*4-7,11-12,18,28H,2-3,8-10,13H2,1H3. The summed E-state index contributed by atoms with van der Waals surface area (Å²) in [6, 6.07) is 35.5. The van der Waals surface area contributed by atoms with Crippen LogP contribution in [-0.4, -0.2) is 138 Å². The molecule has 0 saturated carbocycles. The normalized spacial score (nSPS) is 21.3. The predicted octanol–water partition coefficient (Wildman–Crippen LogP) is 19.0. The first-order chi connectivity index (χ1) is 55.5. The van der Waals surface area contributed by atoms with Crippen LogP contribution < -0.4 is 4.74 Å². The minimum absolute atomic E-state index is 0.200. The predicted molar refractivity (Wildman–Crippen MR) is 449 cm³/mol. The van der Waals surface area contributed by atoms with E-state index in [4.69, 9.17) is 62.7 Å². The van der Waals surface area contributed by atoms with Crippen LogP contribution in [0.3, 0.4) is 0 Å². The molecule has 0 radical (unpaired) electrons. The van der Waals surface area contributed by atoms with Gasteiger partial charge in [0.2, 0.25) is 0 Å². The monoisotopic (exact) mass is 1670 g/mol. The van der Waals surface area contributed by atoms with Crippen LogP contribution in [0.1, 0.15) is 176 Å². The first kappa shape index (κ1) is 80.7. The third kappa shape index (κ3) is 15.4. The first-order valence-corrected chi connectivity index (χ1v) is 42.3. The van der Waals surface area contributed by atoms with Gasteiger partial charge in [0.15, 0.2) is 0 Å². The Morgan fingerprint density at radius 3 is 0.879 bits per heavy atom. The number of nitrogens with zero attached hydrogens (tertiary/aromatic N) is 12. The molecule has 8 aliphatic heterocycles. The Kier molecular flexibility index (Phi) is 22.1. The van der Waals surface area contributed by atoms with E-state index in [1.807, 2.05) is 91.2 Å². The summed E-state index contributed by atoms with van der Waals surface area (Å²) in [6.07, 6.45) is 15.4. The lowest BCUT2D eigenvalue weighted by molar-refractivity contribution is -0.137. The van der Waals surface area contributed by atoms with Crippen LogP contribution in [0, 0.1) is 5.82 Å². The van der Waals surface area contributed by atoms with Crippen molar-refractivity contribution in [3.05, 3.63) is 250 Å². The molecule has 608 valence electrons. The average Bonchev–Trinajstić information content (AvgIpc) is 1.60. The number of benzene rings is 4. The Morgan fingerprint density at radius 1 is 0.362 bits per heavy atom. The van der Waals surface area contributed by atoms with Crippen LogP contribution in [0.15, 0.2) is 146 Å². The molecule has 116 heavy (non-hydrogen) atoms. The molecule has 20 rings (SSSR count). The van der Waals surface area contributed by atoms with Crippen LogP contribution in [0.2, 0.25) is 25.1 Å². The van der Waals surface area contributed by atoms with Crippen molar-refractivity contribution >= 4 is 102 Å². The molecule has 12 aromatic rings. The number of methoxy groups -OCH3 is 1. The second-order valence-corrected chi connectivity index (χ2v) is 35.8. The molecule has 17 nitrogen and oxygen atoms in total. The number of aromatic nitrogens is 8. The van der Waals surface area contributed by atoms with Gasteiger partial charge >= 0.3 is 6.18 Å². The summed E-state index contributed by atoms with van der Waals surface area (Å²) < 4.78 is 66.0. The third-order valence-corrected chi connectivity index (χ3v) is 26.8. The Labute approximate surface area is 696 Å². The molecule has 8 aromatic heterocycles. The van der Waals surface area contributed by atoms with Gasteiger partial charge in [-0.2, -0.15) is 13.2 Å². The highest BCUT2D eigenvalue weighted by Gasteiger charge is 2.43. The maximum atomic E-state index is 13.3. The summed E-state index contributed by atoms with van der Waals surface area (Å²) >= 11 is 31.2. The van der Waals surface area contributed by atoms with E-state index in [1.54, 1.807) is 57.9 Å². The van der Waals surface area contributed by atoms with Gasteiger partial charge in [0.05, 0.1) is 58.9 Å². The molecule has 8 atom stereocenters. The Balaban J connectivity index is 0.000000111. The fraction of sp³-hybridized carbons (Fsp3) is 0.422. The molecule has 16 heterocycles. The molecular weight excluding hydrogens is 1580 g/mol. The number of hydrogen-bond acceptors (Lipinski definition) is 13. The highest BCUT2D eigenvalue weighted by atomic mass is 35.5. The van der Waals surface area contributed by atoms with Gasteiger partial charge in [-0.25, -0.2) is 24.3 Å². The smallest absolute Gasteiger partial charge is 0.416 e. The molecule has 0 aliphatic carbocycles. The number of ether oxygens (including phenoxy) is 1. The molecule has 8 aliphatic rings. The molecule has 4 N–H and O–H groups in total. The summed E-state index contributed by atoms with van der Waals surface area (Å²) in [5.74, 6) is 0.479. The van der Waals surface area contributed by atoms with Crippen molar-refractivity contribution in [2.75, 3.05) is 59.5 Å². The van der Waals surface area contributed by atoms with E-state index in [9.17, 15) is 38.0 Å². The Bertz CT molecular complexity index is 5500. The lowest BCUT2D eigenvalue weighted by Crippen LogP contribution is -2.33. The van der Waals surface area contributed by atoms with Crippen molar-refractivity contribution in [2.24, 2.45) is 0 Å². The summed E-state index contributed by atoms with van der Waals surface area (Å²) in [5, 5.41) is 52.8. The summed E-state index contributed by atoms with van der Waals surface area (Å²) in [4.78, 5) is 28.8. The summed E-state index contributed by atoms with van der Waals surface area (Å²) in [5.41, 5.74) is 11.3. The summed E-state index contributed by atoms with van der Waals surface area (Å²) in [6.45, 7) is 17.2. The van der Waals surface area contributed by atoms with Crippen LogP contribution in [0.25, 0.3) is 44.1 Å². The van der Waals surface area contributed by atoms with Gasteiger partial charge in [-0.15, -0.1) is 0 Å². The number of aliphatic hydroxyl groups is 4. The Morgan fingerprint density at radius 2 is 0.612 bits per heavy atom. The van der Waals surface area contributed by atoms with E-state index >= 15 is 0 Å². The second-order valence-electron chi connectivity index (χ2n) is 33.6. The maximum Gasteiger partial charge on any atom is 0.416 e. The lowest BCUT2D eigenvalue weighted by Gasteiger charge is -2.32. The van der Waals surface area contributed by atoms with E-state index < -0.39 is 34.1 Å². The van der Waals surface area contributed by atoms with Gasteiger partial charge in [0, 0.05) is 150 Å². The molecule has 0 spiro atoms. The fourth-order valence-corrected chi connectivity index (χ4v) is 21.0.